The van der Waals surface area contributed by atoms with Gasteiger partial charge in [0.25, 0.3) is 17.1 Å². The molecule has 4 amide bonds. The molecule has 0 atom stereocenters. The Hall–Kier alpha value is -4.44. The molecule has 8 nitrogen and oxygen atoms in total. The number of imide groups is 1. The number of hydrogen-bond donors (Lipinski definition) is 2. The van der Waals surface area contributed by atoms with Crippen molar-refractivity contribution in [3.63, 3.8) is 0 Å². The van der Waals surface area contributed by atoms with E-state index in [1.54, 1.807) is 24.3 Å². The van der Waals surface area contributed by atoms with Crippen molar-refractivity contribution in [1.82, 2.24) is 4.90 Å². The lowest BCUT2D eigenvalue weighted by molar-refractivity contribution is -0.127. The third-order valence-corrected chi connectivity index (χ3v) is 6.09. The summed E-state index contributed by atoms with van der Waals surface area (Å²) in [4.78, 5) is 50.4. The molecule has 0 bridgehead atoms. The Balaban J connectivity index is 1.30. The third-order valence-electron chi connectivity index (χ3n) is 5.19. The van der Waals surface area contributed by atoms with Crippen LogP contribution in [-0.4, -0.2) is 41.0 Å². The highest BCUT2D eigenvalue weighted by Gasteiger charge is 2.36. The van der Waals surface area contributed by atoms with Gasteiger partial charge in [-0.3, -0.25) is 24.1 Å². The number of halogens is 1. The fourth-order valence-corrected chi connectivity index (χ4v) is 4.15. The van der Waals surface area contributed by atoms with Crippen molar-refractivity contribution in [3.8, 4) is 5.75 Å². The van der Waals surface area contributed by atoms with Crippen molar-refractivity contribution in [1.29, 1.82) is 0 Å². The summed E-state index contributed by atoms with van der Waals surface area (Å²) in [5, 5.41) is 4.70. The van der Waals surface area contributed by atoms with Gasteiger partial charge in [-0.1, -0.05) is 29.8 Å². The van der Waals surface area contributed by atoms with Crippen LogP contribution in [0.4, 0.5) is 20.6 Å². The number of nitrogens with one attached hydrogen (secondary N) is 2. The molecular formula is C27H22FN3O5S. The molecule has 1 aliphatic rings. The number of benzene rings is 3. The molecule has 188 valence electrons. The number of carbonyl (C=O) groups excluding carboxylic acids is 4. The zero-order valence-corrected chi connectivity index (χ0v) is 20.5. The lowest BCUT2D eigenvalue weighted by Gasteiger charge is -2.12. The van der Waals surface area contributed by atoms with Crippen LogP contribution in [0.1, 0.15) is 11.1 Å². The van der Waals surface area contributed by atoms with Crippen molar-refractivity contribution in [2.75, 3.05) is 23.8 Å². The molecule has 1 heterocycles. The van der Waals surface area contributed by atoms with Crippen molar-refractivity contribution < 1.29 is 28.3 Å². The maximum atomic E-state index is 13.0. The summed E-state index contributed by atoms with van der Waals surface area (Å²) in [6.45, 7) is 1.32. The van der Waals surface area contributed by atoms with Gasteiger partial charge in [-0.25, -0.2) is 4.39 Å². The van der Waals surface area contributed by atoms with E-state index in [0.29, 0.717) is 22.7 Å². The molecule has 0 spiro atoms. The minimum absolute atomic E-state index is 0.172. The van der Waals surface area contributed by atoms with Gasteiger partial charge in [0.05, 0.1) is 4.91 Å². The summed E-state index contributed by atoms with van der Waals surface area (Å²) in [6.07, 6.45) is 1.54. The smallest absolute Gasteiger partial charge is 0.294 e. The molecule has 2 N–H and O–H groups in total. The number of amides is 4. The first kappa shape index (κ1) is 25.6. The van der Waals surface area contributed by atoms with Crippen LogP contribution in [0.5, 0.6) is 5.75 Å². The van der Waals surface area contributed by atoms with E-state index in [2.05, 4.69) is 10.6 Å². The van der Waals surface area contributed by atoms with Gasteiger partial charge in [0.1, 0.15) is 18.1 Å². The molecule has 0 aliphatic carbocycles. The molecule has 10 heteroatoms. The first-order valence-corrected chi connectivity index (χ1v) is 12.0. The van der Waals surface area contributed by atoms with E-state index in [0.717, 1.165) is 22.2 Å². The molecule has 3 aromatic carbocycles. The highest BCUT2D eigenvalue weighted by Crippen LogP contribution is 2.32. The SMILES string of the molecule is Cc1ccc(NC(=O)COc2ccc(/C=C3/SC(=O)N(CC(=O)Nc4ccc(F)cc4)C3=O)cc2)cc1. The Labute approximate surface area is 216 Å². The van der Waals surface area contributed by atoms with Gasteiger partial charge in [0, 0.05) is 11.4 Å². The predicted octanol–water partition coefficient (Wildman–Crippen LogP) is 4.83. The number of thioether (sulfide) groups is 1. The summed E-state index contributed by atoms with van der Waals surface area (Å²) in [6, 6.07) is 19.2. The second kappa shape index (κ2) is 11.5. The van der Waals surface area contributed by atoms with E-state index in [-0.39, 0.29) is 17.4 Å². The van der Waals surface area contributed by atoms with E-state index in [9.17, 15) is 23.6 Å². The maximum absolute atomic E-state index is 13.0. The van der Waals surface area contributed by atoms with Crippen molar-refractivity contribution >= 4 is 52.2 Å². The van der Waals surface area contributed by atoms with Crippen LogP contribution < -0.4 is 15.4 Å². The third kappa shape index (κ3) is 7.05. The zero-order valence-electron chi connectivity index (χ0n) is 19.7. The average molecular weight is 520 g/mol. The fourth-order valence-electron chi connectivity index (χ4n) is 3.31. The predicted molar refractivity (Wildman–Crippen MR) is 139 cm³/mol. The van der Waals surface area contributed by atoms with Crippen molar-refractivity contribution in [2.45, 2.75) is 6.92 Å². The first-order chi connectivity index (χ1) is 17.8. The molecule has 1 saturated heterocycles. The number of carbonyl (C=O) groups is 4. The van der Waals surface area contributed by atoms with Gasteiger partial charge < -0.3 is 15.4 Å². The largest absolute Gasteiger partial charge is 0.484 e. The van der Waals surface area contributed by atoms with Crippen LogP contribution in [0.2, 0.25) is 0 Å². The summed E-state index contributed by atoms with van der Waals surface area (Å²) in [5.74, 6) is -1.45. The molecule has 0 saturated carbocycles. The van der Waals surface area contributed by atoms with Crippen LogP contribution in [0.15, 0.2) is 77.7 Å². The molecule has 1 aliphatic heterocycles. The molecule has 0 aromatic heterocycles. The van der Waals surface area contributed by atoms with Crippen molar-refractivity contribution in [3.05, 3.63) is 94.6 Å². The number of nitrogens with zero attached hydrogens (tertiary/aromatic N) is 1. The molecule has 0 unspecified atom stereocenters. The second-order valence-electron chi connectivity index (χ2n) is 8.09. The van der Waals surface area contributed by atoms with Crippen LogP contribution in [-0.2, 0) is 14.4 Å². The van der Waals surface area contributed by atoms with Crippen LogP contribution in [0.3, 0.4) is 0 Å². The van der Waals surface area contributed by atoms with Crippen LogP contribution in [0, 0.1) is 12.7 Å². The summed E-state index contributed by atoms with van der Waals surface area (Å²) < 4.78 is 18.5. The topological polar surface area (TPSA) is 105 Å². The summed E-state index contributed by atoms with van der Waals surface area (Å²) in [5.41, 5.74) is 2.75. The van der Waals surface area contributed by atoms with E-state index in [4.69, 9.17) is 4.74 Å². The lowest BCUT2D eigenvalue weighted by atomic mass is 10.2. The van der Waals surface area contributed by atoms with E-state index in [1.807, 2.05) is 31.2 Å². The van der Waals surface area contributed by atoms with Gasteiger partial charge in [-0.05, 0) is 78.9 Å². The minimum atomic E-state index is -0.586. The van der Waals surface area contributed by atoms with E-state index in [1.165, 1.54) is 30.3 Å². The van der Waals surface area contributed by atoms with Gasteiger partial charge in [-0.2, -0.15) is 0 Å². The molecule has 1 fully saturated rings. The zero-order chi connectivity index (χ0) is 26.4. The summed E-state index contributed by atoms with van der Waals surface area (Å²) in [7, 11) is 0. The highest BCUT2D eigenvalue weighted by molar-refractivity contribution is 8.18. The first-order valence-electron chi connectivity index (χ1n) is 11.2. The van der Waals surface area contributed by atoms with Crippen LogP contribution in [0.25, 0.3) is 6.08 Å². The van der Waals surface area contributed by atoms with E-state index >= 15 is 0 Å². The molecular weight excluding hydrogens is 497 g/mol. The average Bonchev–Trinajstić information content (AvgIpc) is 3.13. The minimum Gasteiger partial charge on any atom is -0.484 e. The standard InChI is InChI=1S/C27H22FN3O5S/c1-17-2-8-20(9-3-17)30-25(33)16-36-22-12-4-18(5-13-22)14-23-26(34)31(27(35)37-23)15-24(32)29-21-10-6-19(28)7-11-21/h2-14H,15-16H2,1H3,(H,29,32)(H,30,33)/b23-14+. The monoisotopic (exact) mass is 519 g/mol. The Morgan fingerprint density at radius 1 is 0.892 bits per heavy atom. The van der Waals surface area contributed by atoms with Gasteiger partial charge in [0.2, 0.25) is 5.91 Å². The van der Waals surface area contributed by atoms with Crippen molar-refractivity contribution in [2.24, 2.45) is 0 Å². The Morgan fingerprint density at radius 2 is 1.49 bits per heavy atom. The molecule has 0 radical (unpaired) electrons. The number of anilines is 2. The Kier molecular flexibility index (Phi) is 7.99. The molecule has 4 rings (SSSR count). The fraction of sp³-hybridized carbons (Fsp3) is 0.111. The highest BCUT2D eigenvalue weighted by atomic mass is 32.2. The Bertz CT molecular complexity index is 1360. The second-order valence-corrected chi connectivity index (χ2v) is 9.09. The number of rotatable bonds is 8. The lowest BCUT2D eigenvalue weighted by Crippen LogP contribution is -2.36. The Morgan fingerprint density at radius 3 is 2.14 bits per heavy atom. The number of aryl methyl sites for hydroxylation is 1. The van der Waals surface area contributed by atoms with Gasteiger partial charge >= 0.3 is 0 Å². The van der Waals surface area contributed by atoms with Gasteiger partial charge in [-0.15, -0.1) is 0 Å². The quantitative estimate of drug-likeness (QED) is 0.413. The molecule has 3 aromatic rings. The van der Waals surface area contributed by atoms with Gasteiger partial charge in [0.15, 0.2) is 6.61 Å². The van der Waals surface area contributed by atoms with E-state index < -0.39 is 29.4 Å². The number of ether oxygens (including phenoxy) is 1. The number of hydrogen-bond acceptors (Lipinski definition) is 6. The van der Waals surface area contributed by atoms with Crippen LogP contribution >= 0.6 is 11.8 Å². The normalized spacial score (nSPS) is 14.1. The molecule has 37 heavy (non-hydrogen) atoms. The summed E-state index contributed by atoms with van der Waals surface area (Å²) >= 11 is 0.732. The maximum Gasteiger partial charge on any atom is 0.294 e.